The first-order valence-electron chi connectivity index (χ1n) is 5.81. The Morgan fingerprint density at radius 2 is 2.16 bits per heavy atom. The number of nitrogens with two attached hydrogens (primary N) is 1. The third-order valence-corrected chi connectivity index (χ3v) is 2.47. The fourth-order valence-electron chi connectivity index (χ4n) is 1.56. The Hall–Kier alpha value is -2.38. The number of nitrogens with zero attached hydrogens (tertiary/aromatic N) is 2. The molecule has 8 heteroatoms. The Kier molecular flexibility index (Phi) is 5.04. The maximum absolute atomic E-state index is 12.1. The third kappa shape index (κ3) is 3.80. The number of carbonyl (C=O) groups excluding carboxylic acids is 2. The molecule has 0 atom stereocenters. The SMILES string of the molecule is CCCCN(CC(N)=O)C(=O)c1nc[nH]c1C(=O)O. The quantitative estimate of drug-likeness (QED) is 0.632. The molecule has 1 rings (SSSR count). The second-order valence-corrected chi connectivity index (χ2v) is 3.98. The van der Waals surface area contributed by atoms with E-state index in [1.165, 1.54) is 4.90 Å². The van der Waals surface area contributed by atoms with Crippen LogP contribution in [0.5, 0.6) is 0 Å². The molecule has 0 saturated carbocycles. The van der Waals surface area contributed by atoms with Gasteiger partial charge in [-0.2, -0.15) is 0 Å². The van der Waals surface area contributed by atoms with Crippen molar-refractivity contribution in [2.75, 3.05) is 13.1 Å². The van der Waals surface area contributed by atoms with E-state index in [2.05, 4.69) is 9.97 Å². The summed E-state index contributed by atoms with van der Waals surface area (Å²) in [5.41, 5.74) is 4.56. The Labute approximate surface area is 109 Å². The lowest BCUT2D eigenvalue weighted by molar-refractivity contribution is -0.118. The molecule has 0 aromatic carbocycles. The molecule has 4 N–H and O–H groups in total. The number of hydrogen-bond acceptors (Lipinski definition) is 4. The smallest absolute Gasteiger partial charge is 0.354 e. The first-order valence-corrected chi connectivity index (χ1v) is 5.81. The molecule has 2 amide bonds. The van der Waals surface area contributed by atoms with E-state index in [-0.39, 0.29) is 17.9 Å². The predicted molar refractivity (Wildman–Crippen MR) is 65.6 cm³/mol. The number of amides is 2. The number of aromatic nitrogens is 2. The summed E-state index contributed by atoms with van der Waals surface area (Å²) < 4.78 is 0. The number of hydrogen-bond donors (Lipinski definition) is 3. The number of imidazole rings is 1. The van der Waals surface area contributed by atoms with Crippen LogP contribution in [-0.4, -0.2) is 50.8 Å². The molecular formula is C11H16N4O4. The van der Waals surface area contributed by atoms with E-state index >= 15 is 0 Å². The van der Waals surface area contributed by atoms with Crippen LogP contribution in [0.4, 0.5) is 0 Å². The minimum absolute atomic E-state index is 0.218. The first kappa shape index (κ1) is 14.7. The summed E-state index contributed by atoms with van der Waals surface area (Å²) >= 11 is 0. The van der Waals surface area contributed by atoms with Gasteiger partial charge in [-0.05, 0) is 6.42 Å². The summed E-state index contributed by atoms with van der Waals surface area (Å²) in [4.78, 5) is 41.3. The van der Waals surface area contributed by atoms with E-state index in [1.54, 1.807) is 0 Å². The molecule has 19 heavy (non-hydrogen) atoms. The fourth-order valence-corrected chi connectivity index (χ4v) is 1.56. The van der Waals surface area contributed by atoms with Crippen LogP contribution in [0, 0.1) is 0 Å². The van der Waals surface area contributed by atoms with Gasteiger partial charge in [0.15, 0.2) is 11.4 Å². The number of nitrogens with one attached hydrogen (secondary N) is 1. The van der Waals surface area contributed by atoms with Crippen LogP contribution >= 0.6 is 0 Å². The number of aromatic carboxylic acids is 1. The van der Waals surface area contributed by atoms with Crippen LogP contribution in [0.25, 0.3) is 0 Å². The van der Waals surface area contributed by atoms with Crippen molar-refractivity contribution >= 4 is 17.8 Å². The molecule has 0 aliphatic carbocycles. The van der Waals surface area contributed by atoms with Crippen molar-refractivity contribution in [3.05, 3.63) is 17.7 Å². The zero-order valence-corrected chi connectivity index (χ0v) is 10.5. The first-order chi connectivity index (χ1) is 8.97. The number of primary amides is 1. The van der Waals surface area contributed by atoms with Gasteiger partial charge in [0, 0.05) is 6.54 Å². The Balaban J connectivity index is 2.94. The van der Waals surface area contributed by atoms with Crippen molar-refractivity contribution < 1.29 is 19.5 Å². The lowest BCUT2D eigenvalue weighted by atomic mass is 10.2. The molecule has 0 fully saturated rings. The normalized spacial score (nSPS) is 10.2. The Morgan fingerprint density at radius 1 is 1.47 bits per heavy atom. The zero-order chi connectivity index (χ0) is 14.4. The van der Waals surface area contributed by atoms with Gasteiger partial charge in [0.2, 0.25) is 5.91 Å². The number of aromatic amines is 1. The highest BCUT2D eigenvalue weighted by molar-refractivity contribution is 6.03. The summed E-state index contributed by atoms with van der Waals surface area (Å²) in [6.45, 7) is 2.00. The number of carbonyl (C=O) groups is 3. The Morgan fingerprint density at radius 3 is 2.68 bits per heavy atom. The molecule has 0 radical (unpaired) electrons. The number of carboxylic acids is 1. The summed E-state index contributed by atoms with van der Waals surface area (Å²) in [7, 11) is 0. The van der Waals surface area contributed by atoms with Gasteiger partial charge in [-0.3, -0.25) is 9.59 Å². The number of H-pyrrole nitrogens is 1. The minimum atomic E-state index is -1.28. The van der Waals surface area contributed by atoms with Gasteiger partial charge in [-0.25, -0.2) is 9.78 Å². The average molecular weight is 268 g/mol. The van der Waals surface area contributed by atoms with E-state index in [1.807, 2.05) is 6.92 Å². The second kappa shape index (κ2) is 6.53. The number of carboxylic acid groups (broad SMARTS) is 1. The van der Waals surface area contributed by atoms with Crippen LogP contribution in [0.15, 0.2) is 6.33 Å². The van der Waals surface area contributed by atoms with Gasteiger partial charge in [-0.15, -0.1) is 0 Å². The van der Waals surface area contributed by atoms with Crippen LogP contribution in [0.3, 0.4) is 0 Å². The van der Waals surface area contributed by atoms with Crippen molar-refractivity contribution in [2.24, 2.45) is 5.73 Å². The maximum atomic E-state index is 12.1. The average Bonchev–Trinajstić information content (AvgIpc) is 2.82. The largest absolute Gasteiger partial charge is 0.477 e. The lowest BCUT2D eigenvalue weighted by Gasteiger charge is -2.20. The van der Waals surface area contributed by atoms with Crippen molar-refractivity contribution in [1.29, 1.82) is 0 Å². The highest BCUT2D eigenvalue weighted by Gasteiger charge is 2.25. The van der Waals surface area contributed by atoms with Crippen LogP contribution in [0.2, 0.25) is 0 Å². The summed E-state index contributed by atoms with van der Waals surface area (Å²) in [5.74, 6) is -2.56. The Bertz CT molecular complexity index is 483. The molecule has 0 spiro atoms. The topological polar surface area (TPSA) is 129 Å². The van der Waals surface area contributed by atoms with Crippen molar-refractivity contribution in [2.45, 2.75) is 19.8 Å². The lowest BCUT2D eigenvalue weighted by Crippen LogP contribution is -2.39. The fraction of sp³-hybridized carbons (Fsp3) is 0.455. The van der Waals surface area contributed by atoms with Crippen molar-refractivity contribution in [1.82, 2.24) is 14.9 Å². The predicted octanol–water partition coefficient (Wildman–Crippen LogP) is -0.164. The van der Waals surface area contributed by atoms with Crippen LogP contribution < -0.4 is 5.73 Å². The summed E-state index contributed by atoms with van der Waals surface area (Å²) in [5, 5.41) is 8.91. The van der Waals surface area contributed by atoms with E-state index in [0.29, 0.717) is 13.0 Å². The molecule has 104 valence electrons. The zero-order valence-electron chi connectivity index (χ0n) is 10.5. The van der Waals surface area contributed by atoms with Gasteiger partial charge in [0.1, 0.15) is 0 Å². The molecule has 1 heterocycles. The molecule has 1 aromatic rings. The van der Waals surface area contributed by atoms with Gasteiger partial charge in [0.05, 0.1) is 12.9 Å². The van der Waals surface area contributed by atoms with Gasteiger partial charge >= 0.3 is 5.97 Å². The van der Waals surface area contributed by atoms with E-state index < -0.39 is 17.8 Å². The van der Waals surface area contributed by atoms with Gasteiger partial charge in [-0.1, -0.05) is 13.3 Å². The molecule has 0 bridgehead atoms. The number of rotatable bonds is 7. The molecule has 0 aliphatic heterocycles. The van der Waals surface area contributed by atoms with E-state index in [9.17, 15) is 14.4 Å². The summed E-state index contributed by atoms with van der Waals surface area (Å²) in [6.07, 6.45) is 2.64. The minimum Gasteiger partial charge on any atom is -0.477 e. The van der Waals surface area contributed by atoms with Crippen LogP contribution in [0.1, 0.15) is 40.7 Å². The highest BCUT2D eigenvalue weighted by Crippen LogP contribution is 2.08. The van der Waals surface area contributed by atoms with E-state index in [0.717, 1.165) is 12.7 Å². The van der Waals surface area contributed by atoms with Crippen LogP contribution in [-0.2, 0) is 4.79 Å². The monoisotopic (exact) mass is 268 g/mol. The molecule has 1 aromatic heterocycles. The third-order valence-electron chi connectivity index (χ3n) is 2.47. The molecule has 0 saturated heterocycles. The van der Waals surface area contributed by atoms with Crippen molar-refractivity contribution in [3.63, 3.8) is 0 Å². The molecule has 0 unspecified atom stereocenters. The maximum Gasteiger partial charge on any atom is 0.354 e. The van der Waals surface area contributed by atoms with E-state index in [4.69, 9.17) is 10.8 Å². The highest BCUT2D eigenvalue weighted by atomic mass is 16.4. The second-order valence-electron chi connectivity index (χ2n) is 3.98. The molecule has 8 nitrogen and oxygen atoms in total. The van der Waals surface area contributed by atoms with Crippen molar-refractivity contribution in [3.8, 4) is 0 Å². The van der Waals surface area contributed by atoms with Gasteiger partial charge < -0.3 is 20.7 Å². The molecule has 0 aliphatic rings. The number of unbranched alkanes of at least 4 members (excludes halogenated alkanes) is 1. The van der Waals surface area contributed by atoms with Gasteiger partial charge in [0.25, 0.3) is 5.91 Å². The standard InChI is InChI=1S/C11H16N4O4/c1-2-3-4-15(5-7(12)16)10(17)8-9(11(18)19)14-6-13-8/h6H,2-5H2,1H3,(H2,12,16)(H,13,14)(H,18,19). The molecular weight excluding hydrogens is 252 g/mol. The summed E-state index contributed by atoms with van der Waals surface area (Å²) in [6, 6.07) is 0.